The zero-order chi connectivity index (χ0) is 24.5. The summed E-state index contributed by atoms with van der Waals surface area (Å²) in [5.41, 5.74) is 0.538. The van der Waals surface area contributed by atoms with Crippen molar-refractivity contribution in [1.82, 2.24) is 9.21 Å². The van der Waals surface area contributed by atoms with Gasteiger partial charge in [0.05, 0.1) is 10.6 Å². The van der Waals surface area contributed by atoms with E-state index in [9.17, 15) is 18.0 Å². The lowest BCUT2D eigenvalue weighted by Crippen LogP contribution is -2.46. The van der Waals surface area contributed by atoms with Gasteiger partial charge in [-0.25, -0.2) is 8.42 Å². The molecule has 0 radical (unpaired) electrons. The molecule has 9 heteroatoms. The first-order valence-corrected chi connectivity index (χ1v) is 14.9. The number of carbonyl (C=O) groups is 2. The summed E-state index contributed by atoms with van der Waals surface area (Å²) in [6.45, 7) is 5.11. The molecule has 1 aliphatic carbocycles. The number of benzene rings is 1. The molecule has 7 nitrogen and oxygen atoms in total. The molecule has 2 fully saturated rings. The maximum absolute atomic E-state index is 13.4. The minimum Gasteiger partial charge on any atom is -0.341 e. The summed E-state index contributed by atoms with van der Waals surface area (Å²) in [4.78, 5) is 30.8. The zero-order valence-electron chi connectivity index (χ0n) is 20.5. The average molecular weight is 508 g/mol. The van der Waals surface area contributed by atoms with E-state index in [1.807, 2.05) is 14.0 Å². The molecule has 4 rings (SSSR count). The van der Waals surface area contributed by atoms with Gasteiger partial charge in [-0.15, -0.1) is 11.8 Å². The third-order valence-corrected chi connectivity index (χ3v) is 10.6. The summed E-state index contributed by atoms with van der Waals surface area (Å²) in [5, 5.41) is 0.0495. The minimum atomic E-state index is -3.66. The fourth-order valence-corrected chi connectivity index (χ4v) is 7.77. The van der Waals surface area contributed by atoms with Crippen LogP contribution in [0.3, 0.4) is 0 Å². The SMILES string of the molecule is CC1CCN(S(=O)(=O)c2ccc3c(c2)N(CC(=O)N(C)C2CCCCC2)C(=O)C[C@@H](C)S3)CC1. The Bertz CT molecular complexity index is 1010. The van der Waals surface area contributed by atoms with E-state index in [1.165, 1.54) is 11.3 Å². The summed E-state index contributed by atoms with van der Waals surface area (Å²) < 4.78 is 28.3. The highest BCUT2D eigenvalue weighted by Gasteiger charge is 2.33. The molecule has 1 atom stereocenters. The molecule has 1 saturated heterocycles. The Kier molecular flexibility index (Phi) is 7.94. The monoisotopic (exact) mass is 507 g/mol. The van der Waals surface area contributed by atoms with Gasteiger partial charge in [-0.2, -0.15) is 4.31 Å². The van der Waals surface area contributed by atoms with Crippen molar-refractivity contribution in [2.75, 3.05) is 31.6 Å². The highest BCUT2D eigenvalue weighted by atomic mass is 32.2. The molecule has 34 heavy (non-hydrogen) atoms. The fourth-order valence-electron chi connectivity index (χ4n) is 5.18. The molecule has 3 aliphatic rings. The number of hydrogen-bond acceptors (Lipinski definition) is 5. The van der Waals surface area contributed by atoms with Crippen molar-refractivity contribution in [3.8, 4) is 0 Å². The first kappa shape index (κ1) is 25.5. The van der Waals surface area contributed by atoms with E-state index in [0.29, 0.717) is 31.1 Å². The van der Waals surface area contributed by atoms with Gasteiger partial charge in [0.1, 0.15) is 6.54 Å². The number of sulfonamides is 1. The van der Waals surface area contributed by atoms with Crippen molar-refractivity contribution >= 4 is 39.3 Å². The van der Waals surface area contributed by atoms with Gasteiger partial charge >= 0.3 is 0 Å². The quantitative estimate of drug-likeness (QED) is 0.599. The van der Waals surface area contributed by atoms with Crippen LogP contribution in [0.2, 0.25) is 0 Å². The van der Waals surface area contributed by atoms with E-state index >= 15 is 0 Å². The van der Waals surface area contributed by atoms with Crippen LogP contribution in [0, 0.1) is 5.92 Å². The van der Waals surface area contributed by atoms with Crippen molar-refractivity contribution in [2.24, 2.45) is 5.92 Å². The molecule has 0 spiro atoms. The van der Waals surface area contributed by atoms with Crippen molar-refractivity contribution in [3.05, 3.63) is 18.2 Å². The number of piperidine rings is 1. The topological polar surface area (TPSA) is 78.0 Å². The molecular formula is C25H37N3O4S2. The molecule has 1 aromatic rings. The highest BCUT2D eigenvalue weighted by molar-refractivity contribution is 8.00. The molecule has 2 aliphatic heterocycles. The van der Waals surface area contributed by atoms with Crippen molar-refractivity contribution in [1.29, 1.82) is 0 Å². The van der Waals surface area contributed by atoms with Crippen LogP contribution in [0.4, 0.5) is 5.69 Å². The number of carbonyl (C=O) groups excluding carboxylic acids is 2. The number of amides is 2. The fraction of sp³-hybridized carbons (Fsp3) is 0.680. The largest absolute Gasteiger partial charge is 0.341 e. The van der Waals surface area contributed by atoms with E-state index in [0.717, 1.165) is 43.4 Å². The Labute approximate surface area is 208 Å². The second-order valence-electron chi connectivity index (χ2n) is 10.1. The van der Waals surface area contributed by atoms with Gasteiger partial charge in [0.2, 0.25) is 21.8 Å². The van der Waals surface area contributed by atoms with Gasteiger partial charge in [-0.1, -0.05) is 33.1 Å². The first-order valence-electron chi connectivity index (χ1n) is 12.5. The van der Waals surface area contributed by atoms with E-state index < -0.39 is 10.0 Å². The van der Waals surface area contributed by atoms with Gasteiger partial charge in [-0.05, 0) is 49.8 Å². The van der Waals surface area contributed by atoms with Crippen molar-refractivity contribution < 1.29 is 18.0 Å². The van der Waals surface area contributed by atoms with Crippen LogP contribution >= 0.6 is 11.8 Å². The lowest BCUT2D eigenvalue weighted by Gasteiger charge is -2.33. The third-order valence-electron chi connectivity index (χ3n) is 7.50. The summed E-state index contributed by atoms with van der Waals surface area (Å²) in [7, 11) is -1.83. The summed E-state index contributed by atoms with van der Waals surface area (Å²) >= 11 is 1.56. The summed E-state index contributed by atoms with van der Waals surface area (Å²) in [6.07, 6.45) is 7.46. The van der Waals surface area contributed by atoms with Crippen LogP contribution in [0.1, 0.15) is 65.2 Å². The van der Waals surface area contributed by atoms with E-state index in [4.69, 9.17) is 0 Å². The second kappa shape index (κ2) is 10.6. The maximum atomic E-state index is 13.4. The smallest absolute Gasteiger partial charge is 0.243 e. The maximum Gasteiger partial charge on any atom is 0.243 e. The summed E-state index contributed by atoms with van der Waals surface area (Å²) in [5.74, 6) is 0.297. The molecule has 2 heterocycles. The van der Waals surface area contributed by atoms with Crippen LogP contribution in [0.15, 0.2) is 28.0 Å². The van der Waals surface area contributed by atoms with E-state index in [-0.39, 0.29) is 34.5 Å². The second-order valence-corrected chi connectivity index (χ2v) is 13.5. The summed E-state index contributed by atoms with van der Waals surface area (Å²) in [6, 6.07) is 5.27. The number of likely N-dealkylation sites (N-methyl/N-ethyl adjacent to an activating group) is 1. The Morgan fingerprint density at radius 3 is 2.44 bits per heavy atom. The normalized spacial score (nSPS) is 23.4. The Morgan fingerprint density at radius 1 is 1.09 bits per heavy atom. The molecule has 0 N–H and O–H groups in total. The van der Waals surface area contributed by atoms with Crippen LogP contribution in [0.25, 0.3) is 0 Å². The molecule has 2 amide bonds. The van der Waals surface area contributed by atoms with Crippen molar-refractivity contribution in [3.63, 3.8) is 0 Å². The molecule has 0 bridgehead atoms. The molecule has 0 unspecified atom stereocenters. The van der Waals surface area contributed by atoms with E-state index in [1.54, 1.807) is 39.2 Å². The Hall–Kier alpha value is -1.58. The molecule has 0 aromatic heterocycles. The minimum absolute atomic E-state index is 0.0495. The van der Waals surface area contributed by atoms with Gasteiger partial charge in [0.15, 0.2) is 0 Å². The predicted octanol–water partition coefficient (Wildman–Crippen LogP) is 4.12. The Morgan fingerprint density at radius 2 is 1.76 bits per heavy atom. The zero-order valence-corrected chi connectivity index (χ0v) is 22.2. The average Bonchev–Trinajstić information content (AvgIpc) is 2.94. The highest BCUT2D eigenvalue weighted by Crippen LogP contribution is 2.40. The number of hydrogen-bond donors (Lipinski definition) is 0. The number of anilines is 1. The first-order chi connectivity index (χ1) is 16.2. The standard InChI is InChI=1S/C25H37N3O4S2/c1-18-11-13-27(14-12-18)34(31,32)21-9-10-23-22(16-21)28(24(29)15-19(2)33-23)17-25(30)26(3)20-7-5-4-6-8-20/h9-10,16,18-20H,4-8,11-15,17H2,1-3H3/t19-/m1/s1. The van der Waals surface area contributed by atoms with Gasteiger partial charge in [0, 0.05) is 42.7 Å². The van der Waals surface area contributed by atoms with Gasteiger partial charge < -0.3 is 9.80 Å². The van der Waals surface area contributed by atoms with Gasteiger partial charge in [0.25, 0.3) is 0 Å². The molecular weight excluding hydrogens is 470 g/mol. The molecule has 188 valence electrons. The molecule has 1 aromatic carbocycles. The number of thioether (sulfide) groups is 1. The third kappa shape index (κ3) is 5.46. The van der Waals surface area contributed by atoms with Crippen LogP contribution < -0.4 is 4.90 Å². The lowest BCUT2D eigenvalue weighted by molar-refractivity contribution is -0.132. The van der Waals surface area contributed by atoms with Crippen LogP contribution in [-0.2, 0) is 19.6 Å². The van der Waals surface area contributed by atoms with Gasteiger partial charge in [-0.3, -0.25) is 9.59 Å². The Balaban J connectivity index is 1.62. The van der Waals surface area contributed by atoms with E-state index in [2.05, 4.69) is 6.92 Å². The van der Waals surface area contributed by atoms with Crippen LogP contribution in [0.5, 0.6) is 0 Å². The predicted molar refractivity (Wildman–Crippen MR) is 136 cm³/mol. The molecule has 1 saturated carbocycles. The lowest BCUT2D eigenvalue weighted by atomic mass is 9.94. The number of nitrogens with zero attached hydrogens (tertiary/aromatic N) is 3. The number of rotatable bonds is 5. The van der Waals surface area contributed by atoms with Crippen LogP contribution in [-0.4, -0.2) is 67.4 Å². The van der Waals surface area contributed by atoms with Crippen molar-refractivity contribution in [2.45, 2.75) is 86.3 Å². The number of fused-ring (bicyclic) bond motifs is 1.